The summed E-state index contributed by atoms with van der Waals surface area (Å²) in [4.78, 5) is 22.8. The van der Waals surface area contributed by atoms with Crippen molar-refractivity contribution in [1.82, 2.24) is 19.7 Å². The number of aryl methyl sites for hydroxylation is 2. The van der Waals surface area contributed by atoms with E-state index >= 15 is 0 Å². The fourth-order valence-corrected chi connectivity index (χ4v) is 4.02. The summed E-state index contributed by atoms with van der Waals surface area (Å²) in [7, 11) is 0. The molecule has 5 nitrogen and oxygen atoms in total. The molecule has 0 aliphatic carbocycles. The second-order valence-corrected chi connectivity index (χ2v) is 7.97. The number of fused-ring (bicyclic) bond motifs is 1. The zero-order valence-corrected chi connectivity index (χ0v) is 17.2. The van der Waals surface area contributed by atoms with E-state index in [1.807, 2.05) is 41.1 Å². The van der Waals surface area contributed by atoms with Crippen LogP contribution in [0.5, 0.6) is 0 Å². The number of carbonyl (C=O) groups excluding carboxylic acids is 1. The van der Waals surface area contributed by atoms with Crippen molar-refractivity contribution in [3.63, 3.8) is 0 Å². The summed E-state index contributed by atoms with van der Waals surface area (Å²) in [5.41, 5.74) is 4.93. The number of hydrogen-bond donors (Lipinski definition) is 1. The molecule has 0 spiro atoms. The number of hydrogen-bond acceptors (Lipinski definition) is 4. The second kappa shape index (κ2) is 8.49. The van der Waals surface area contributed by atoms with E-state index in [-0.39, 0.29) is 5.91 Å². The van der Waals surface area contributed by atoms with Crippen LogP contribution >= 0.6 is 11.8 Å². The Morgan fingerprint density at radius 2 is 2.00 bits per heavy atom. The molecule has 1 aromatic carbocycles. The summed E-state index contributed by atoms with van der Waals surface area (Å²) in [6.45, 7) is 4.70. The van der Waals surface area contributed by atoms with E-state index < -0.39 is 0 Å². The molecule has 0 saturated heterocycles. The van der Waals surface area contributed by atoms with E-state index in [4.69, 9.17) is 0 Å². The predicted octanol–water partition coefficient (Wildman–Crippen LogP) is 4.47. The maximum absolute atomic E-state index is 12.7. The molecule has 4 aromatic rings. The maximum Gasteiger partial charge on any atom is 0.254 e. The molecule has 0 fully saturated rings. The predicted molar refractivity (Wildman–Crippen MR) is 116 cm³/mol. The highest BCUT2D eigenvalue weighted by molar-refractivity contribution is 7.99. The standard InChI is InChI=1S/C23H22N4OS/c1-16-8-9-19(14-17(16)2)29-23-20(6-5-11-25-23)22(28)24-12-10-18-15-27-13-4-3-7-21(27)26-18/h3-9,11,13-15H,10,12H2,1-2H3,(H,24,28). The van der Waals surface area contributed by atoms with Gasteiger partial charge in [0, 0.05) is 36.5 Å². The van der Waals surface area contributed by atoms with E-state index in [0.717, 1.165) is 16.2 Å². The van der Waals surface area contributed by atoms with Crippen molar-refractivity contribution in [3.05, 3.63) is 89.5 Å². The number of imidazole rings is 1. The van der Waals surface area contributed by atoms with Crippen LogP contribution in [-0.2, 0) is 6.42 Å². The lowest BCUT2D eigenvalue weighted by atomic mass is 10.1. The van der Waals surface area contributed by atoms with Crippen molar-refractivity contribution in [2.45, 2.75) is 30.2 Å². The summed E-state index contributed by atoms with van der Waals surface area (Å²) < 4.78 is 1.98. The van der Waals surface area contributed by atoms with Crippen molar-refractivity contribution in [3.8, 4) is 0 Å². The van der Waals surface area contributed by atoms with Crippen LogP contribution in [0.15, 0.2) is 77.0 Å². The van der Waals surface area contributed by atoms with Gasteiger partial charge in [-0.15, -0.1) is 0 Å². The summed E-state index contributed by atoms with van der Waals surface area (Å²) in [6, 6.07) is 15.8. The van der Waals surface area contributed by atoms with E-state index in [1.165, 1.54) is 22.9 Å². The number of benzene rings is 1. The van der Waals surface area contributed by atoms with Gasteiger partial charge in [-0.1, -0.05) is 23.9 Å². The van der Waals surface area contributed by atoms with Gasteiger partial charge in [0.2, 0.25) is 0 Å². The molecule has 3 heterocycles. The van der Waals surface area contributed by atoms with E-state index in [9.17, 15) is 4.79 Å². The van der Waals surface area contributed by atoms with Crippen LogP contribution in [0.4, 0.5) is 0 Å². The van der Waals surface area contributed by atoms with Crippen LogP contribution < -0.4 is 5.32 Å². The van der Waals surface area contributed by atoms with E-state index in [0.29, 0.717) is 23.6 Å². The van der Waals surface area contributed by atoms with Gasteiger partial charge in [0.15, 0.2) is 0 Å². The van der Waals surface area contributed by atoms with E-state index in [2.05, 4.69) is 47.3 Å². The average Bonchev–Trinajstić information content (AvgIpc) is 3.14. The molecule has 0 atom stereocenters. The van der Waals surface area contributed by atoms with E-state index in [1.54, 1.807) is 12.3 Å². The van der Waals surface area contributed by atoms with Crippen molar-refractivity contribution < 1.29 is 4.79 Å². The first-order chi connectivity index (χ1) is 14.1. The Bertz CT molecular complexity index is 1140. The molecule has 4 rings (SSSR count). The van der Waals surface area contributed by atoms with Gasteiger partial charge in [0.05, 0.1) is 11.3 Å². The molecule has 0 bridgehead atoms. The fraction of sp³-hybridized carbons (Fsp3) is 0.174. The number of rotatable bonds is 6. The van der Waals surface area contributed by atoms with Crippen molar-refractivity contribution >= 4 is 23.3 Å². The zero-order chi connectivity index (χ0) is 20.2. The van der Waals surface area contributed by atoms with Gasteiger partial charge >= 0.3 is 0 Å². The molecule has 146 valence electrons. The monoisotopic (exact) mass is 402 g/mol. The van der Waals surface area contributed by atoms with Crippen LogP contribution in [0.25, 0.3) is 5.65 Å². The molecule has 0 aliphatic rings. The average molecular weight is 403 g/mol. The van der Waals surface area contributed by atoms with Crippen molar-refractivity contribution in [2.24, 2.45) is 0 Å². The minimum absolute atomic E-state index is 0.117. The van der Waals surface area contributed by atoms with Gasteiger partial charge in [0.25, 0.3) is 5.91 Å². The number of aromatic nitrogens is 3. The molecular weight excluding hydrogens is 380 g/mol. The Hall–Kier alpha value is -3.12. The van der Waals surface area contributed by atoms with Crippen LogP contribution in [0.2, 0.25) is 0 Å². The molecule has 0 saturated carbocycles. The molecule has 1 amide bonds. The molecule has 3 aromatic heterocycles. The maximum atomic E-state index is 12.7. The molecule has 0 unspecified atom stereocenters. The molecular formula is C23H22N4OS. The number of nitrogens with zero attached hydrogens (tertiary/aromatic N) is 3. The number of pyridine rings is 2. The normalized spacial score (nSPS) is 11.0. The molecule has 29 heavy (non-hydrogen) atoms. The second-order valence-electron chi connectivity index (χ2n) is 6.91. The Morgan fingerprint density at radius 1 is 1.10 bits per heavy atom. The smallest absolute Gasteiger partial charge is 0.254 e. The highest BCUT2D eigenvalue weighted by Gasteiger charge is 2.14. The minimum Gasteiger partial charge on any atom is -0.352 e. The molecule has 0 radical (unpaired) electrons. The lowest BCUT2D eigenvalue weighted by Gasteiger charge is -2.09. The third-order valence-corrected chi connectivity index (χ3v) is 5.80. The third-order valence-electron chi connectivity index (χ3n) is 4.79. The number of nitrogens with one attached hydrogen (secondary N) is 1. The van der Waals surface area contributed by atoms with Gasteiger partial charge in [-0.25, -0.2) is 9.97 Å². The SMILES string of the molecule is Cc1ccc(Sc2ncccc2C(=O)NCCc2cn3ccccc3n2)cc1C. The van der Waals surface area contributed by atoms with Crippen molar-refractivity contribution in [1.29, 1.82) is 0 Å². The first-order valence-electron chi connectivity index (χ1n) is 9.51. The Morgan fingerprint density at radius 3 is 2.83 bits per heavy atom. The van der Waals surface area contributed by atoms with Crippen LogP contribution in [0, 0.1) is 13.8 Å². The first kappa shape index (κ1) is 19.2. The topological polar surface area (TPSA) is 59.3 Å². The lowest BCUT2D eigenvalue weighted by molar-refractivity contribution is 0.0950. The van der Waals surface area contributed by atoms with Crippen LogP contribution in [0.3, 0.4) is 0 Å². The quantitative estimate of drug-likeness (QED) is 0.517. The summed E-state index contributed by atoms with van der Waals surface area (Å²) in [6.07, 6.45) is 6.35. The Kier molecular flexibility index (Phi) is 5.62. The number of carbonyl (C=O) groups is 1. The molecule has 1 N–H and O–H groups in total. The summed E-state index contributed by atoms with van der Waals surface area (Å²) >= 11 is 1.51. The largest absolute Gasteiger partial charge is 0.352 e. The number of amides is 1. The summed E-state index contributed by atoms with van der Waals surface area (Å²) in [5.74, 6) is -0.117. The zero-order valence-electron chi connectivity index (χ0n) is 16.4. The molecule has 0 aliphatic heterocycles. The lowest BCUT2D eigenvalue weighted by Crippen LogP contribution is -2.26. The highest BCUT2D eigenvalue weighted by Crippen LogP contribution is 2.29. The van der Waals surface area contributed by atoms with Gasteiger partial charge in [0.1, 0.15) is 10.7 Å². The first-order valence-corrected chi connectivity index (χ1v) is 10.3. The fourth-order valence-electron chi connectivity index (χ4n) is 3.04. The Balaban J connectivity index is 1.42. The van der Waals surface area contributed by atoms with Crippen molar-refractivity contribution in [2.75, 3.05) is 6.54 Å². The molecule has 6 heteroatoms. The summed E-state index contributed by atoms with van der Waals surface area (Å²) in [5, 5.41) is 3.71. The van der Waals surface area contributed by atoms with Gasteiger partial charge < -0.3 is 9.72 Å². The highest BCUT2D eigenvalue weighted by atomic mass is 32.2. The van der Waals surface area contributed by atoms with Crippen LogP contribution in [-0.4, -0.2) is 26.8 Å². The van der Waals surface area contributed by atoms with Crippen LogP contribution in [0.1, 0.15) is 27.2 Å². The van der Waals surface area contributed by atoms with Gasteiger partial charge in [-0.2, -0.15) is 0 Å². The Labute approximate surface area is 174 Å². The van der Waals surface area contributed by atoms with Gasteiger partial charge in [-0.3, -0.25) is 4.79 Å². The third kappa shape index (κ3) is 4.49. The van der Waals surface area contributed by atoms with Gasteiger partial charge in [-0.05, 0) is 61.4 Å². The minimum atomic E-state index is -0.117.